The topological polar surface area (TPSA) is 3.24 Å². The lowest BCUT2D eigenvalue weighted by Crippen LogP contribution is -2.10. The Morgan fingerprint density at radius 1 is 0.302 bits per heavy atom. The summed E-state index contributed by atoms with van der Waals surface area (Å²) in [4.78, 5) is 2.40. The first-order valence-electron chi connectivity index (χ1n) is 14.8. The SMILES string of the molecule is c1cc(-c2ccc3ccccc3c2)cc(N(c2cccc(-c3cccc4ccccc34)c2)c2cccc3ccccc23)c1. The lowest BCUT2D eigenvalue weighted by molar-refractivity contribution is 1.30. The molecule has 8 rings (SSSR count). The second kappa shape index (κ2) is 10.6. The Morgan fingerprint density at radius 3 is 1.63 bits per heavy atom. The molecule has 1 heteroatoms. The fraction of sp³-hybridized carbons (Fsp3) is 0. The van der Waals surface area contributed by atoms with E-state index in [1.54, 1.807) is 0 Å². The maximum atomic E-state index is 2.40. The summed E-state index contributed by atoms with van der Waals surface area (Å²) >= 11 is 0. The van der Waals surface area contributed by atoms with Gasteiger partial charge in [0, 0.05) is 16.8 Å². The average molecular weight is 548 g/mol. The number of anilines is 3. The average Bonchev–Trinajstić information content (AvgIpc) is 3.08. The second-order valence-corrected chi connectivity index (χ2v) is 11.0. The van der Waals surface area contributed by atoms with Gasteiger partial charge in [0.05, 0.1) is 5.69 Å². The molecule has 0 aliphatic rings. The molecule has 0 heterocycles. The predicted octanol–water partition coefficient (Wildman–Crippen LogP) is 11.9. The van der Waals surface area contributed by atoms with Crippen LogP contribution in [0, 0.1) is 0 Å². The summed E-state index contributed by atoms with van der Waals surface area (Å²) in [5.41, 5.74) is 8.24. The zero-order valence-electron chi connectivity index (χ0n) is 23.7. The van der Waals surface area contributed by atoms with Gasteiger partial charge in [0.1, 0.15) is 0 Å². The van der Waals surface area contributed by atoms with E-state index in [1.165, 1.54) is 54.6 Å². The van der Waals surface area contributed by atoms with Crippen LogP contribution in [0.5, 0.6) is 0 Å². The molecule has 0 saturated heterocycles. The molecule has 202 valence electrons. The Bertz CT molecular complexity index is 2250. The molecule has 0 unspecified atom stereocenters. The number of hydrogen-bond acceptors (Lipinski definition) is 1. The monoisotopic (exact) mass is 547 g/mol. The third-order valence-corrected chi connectivity index (χ3v) is 8.40. The molecule has 0 fully saturated rings. The van der Waals surface area contributed by atoms with Crippen LogP contribution in [0.3, 0.4) is 0 Å². The van der Waals surface area contributed by atoms with Gasteiger partial charge in [0.2, 0.25) is 0 Å². The van der Waals surface area contributed by atoms with Crippen LogP contribution in [-0.2, 0) is 0 Å². The van der Waals surface area contributed by atoms with Crippen molar-refractivity contribution in [2.45, 2.75) is 0 Å². The van der Waals surface area contributed by atoms with Crippen molar-refractivity contribution in [2.75, 3.05) is 4.90 Å². The van der Waals surface area contributed by atoms with E-state index < -0.39 is 0 Å². The van der Waals surface area contributed by atoms with Crippen LogP contribution in [0.25, 0.3) is 54.6 Å². The third-order valence-electron chi connectivity index (χ3n) is 8.40. The van der Waals surface area contributed by atoms with Crippen molar-refractivity contribution < 1.29 is 0 Å². The molecule has 0 saturated carbocycles. The molecule has 0 aromatic heterocycles. The van der Waals surface area contributed by atoms with E-state index in [0.717, 1.165) is 17.1 Å². The van der Waals surface area contributed by atoms with E-state index in [1.807, 2.05) is 0 Å². The van der Waals surface area contributed by atoms with Crippen LogP contribution in [0.1, 0.15) is 0 Å². The first-order valence-corrected chi connectivity index (χ1v) is 14.8. The Hall–Kier alpha value is -5.66. The van der Waals surface area contributed by atoms with Crippen LogP contribution < -0.4 is 4.90 Å². The molecule has 0 bridgehead atoms. The summed E-state index contributed by atoms with van der Waals surface area (Å²) in [5, 5.41) is 7.46. The first kappa shape index (κ1) is 25.1. The fourth-order valence-corrected chi connectivity index (χ4v) is 6.31. The summed E-state index contributed by atoms with van der Waals surface area (Å²) < 4.78 is 0. The molecule has 8 aromatic rings. The number of benzene rings is 8. The lowest BCUT2D eigenvalue weighted by atomic mass is 9.97. The highest BCUT2D eigenvalue weighted by atomic mass is 15.1. The van der Waals surface area contributed by atoms with Crippen LogP contribution in [0.2, 0.25) is 0 Å². The van der Waals surface area contributed by atoms with Crippen molar-refractivity contribution in [3.8, 4) is 22.3 Å². The van der Waals surface area contributed by atoms with Crippen molar-refractivity contribution in [3.63, 3.8) is 0 Å². The lowest BCUT2D eigenvalue weighted by Gasteiger charge is -2.28. The van der Waals surface area contributed by atoms with Gasteiger partial charge >= 0.3 is 0 Å². The highest BCUT2D eigenvalue weighted by Gasteiger charge is 2.17. The maximum Gasteiger partial charge on any atom is 0.0540 e. The number of nitrogens with zero attached hydrogens (tertiary/aromatic N) is 1. The van der Waals surface area contributed by atoms with Gasteiger partial charge in [-0.3, -0.25) is 0 Å². The Balaban J connectivity index is 1.32. The van der Waals surface area contributed by atoms with E-state index in [2.05, 4.69) is 181 Å². The third kappa shape index (κ3) is 4.62. The van der Waals surface area contributed by atoms with E-state index in [-0.39, 0.29) is 0 Å². The first-order chi connectivity index (χ1) is 21.3. The second-order valence-electron chi connectivity index (χ2n) is 11.0. The largest absolute Gasteiger partial charge is 0.310 e. The zero-order valence-corrected chi connectivity index (χ0v) is 23.7. The van der Waals surface area contributed by atoms with Crippen molar-refractivity contribution in [1.82, 2.24) is 0 Å². The van der Waals surface area contributed by atoms with Gasteiger partial charge < -0.3 is 4.90 Å². The Morgan fingerprint density at radius 2 is 0.837 bits per heavy atom. The molecule has 8 aromatic carbocycles. The van der Waals surface area contributed by atoms with E-state index in [4.69, 9.17) is 0 Å². The van der Waals surface area contributed by atoms with Crippen LogP contribution >= 0.6 is 0 Å². The summed E-state index contributed by atoms with van der Waals surface area (Å²) in [7, 11) is 0. The molecule has 0 aliphatic carbocycles. The van der Waals surface area contributed by atoms with Gasteiger partial charge in [0.25, 0.3) is 0 Å². The smallest absolute Gasteiger partial charge is 0.0540 e. The molecule has 0 aliphatic heterocycles. The molecule has 0 N–H and O–H groups in total. The van der Waals surface area contributed by atoms with E-state index in [0.29, 0.717) is 0 Å². The highest BCUT2D eigenvalue weighted by molar-refractivity contribution is 6.01. The molecule has 43 heavy (non-hydrogen) atoms. The normalized spacial score (nSPS) is 11.3. The van der Waals surface area contributed by atoms with Gasteiger partial charge in [-0.1, -0.05) is 140 Å². The summed E-state index contributed by atoms with van der Waals surface area (Å²) in [6.07, 6.45) is 0. The number of rotatable bonds is 5. The van der Waals surface area contributed by atoms with Gasteiger partial charge in [-0.2, -0.15) is 0 Å². The molecular weight excluding hydrogens is 518 g/mol. The molecule has 0 atom stereocenters. The van der Waals surface area contributed by atoms with Crippen molar-refractivity contribution in [1.29, 1.82) is 0 Å². The number of hydrogen-bond donors (Lipinski definition) is 0. The zero-order chi connectivity index (χ0) is 28.6. The van der Waals surface area contributed by atoms with Gasteiger partial charge in [-0.15, -0.1) is 0 Å². The van der Waals surface area contributed by atoms with Crippen molar-refractivity contribution in [2.24, 2.45) is 0 Å². The quantitative estimate of drug-likeness (QED) is 0.207. The van der Waals surface area contributed by atoms with E-state index in [9.17, 15) is 0 Å². The molecule has 0 radical (unpaired) electrons. The van der Waals surface area contributed by atoms with Gasteiger partial charge in [-0.25, -0.2) is 0 Å². The van der Waals surface area contributed by atoms with Gasteiger partial charge in [-0.05, 0) is 85.6 Å². The molecule has 1 nitrogen and oxygen atoms in total. The Kier molecular flexibility index (Phi) is 6.20. The highest BCUT2D eigenvalue weighted by Crippen LogP contribution is 2.42. The summed E-state index contributed by atoms with van der Waals surface area (Å²) in [6.45, 7) is 0. The van der Waals surface area contributed by atoms with Crippen molar-refractivity contribution in [3.05, 3.63) is 176 Å². The van der Waals surface area contributed by atoms with Crippen LogP contribution in [0.15, 0.2) is 176 Å². The minimum absolute atomic E-state index is 1.12. The van der Waals surface area contributed by atoms with Gasteiger partial charge in [0.15, 0.2) is 0 Å². The van der Waals surface area contributed by atoms with Crippen LogP contribution in [-0.4, -0.2) is 0 Å². The minimum Gasteiger partial charge on any atom is -0.310 e. The van der Waals surface area contributed by atoms with Crippen molar-refractivity contribution >= 4 is 49.4 Å². The van der Waals surface area contributed by atoms with E-state index >= 15 is 0 Å². The summed E-state index contributed by atoms with van der Waals surface area (Å²) in [5.74, 6) is 0. The maximum absolute atomic E-state index is 2.40. The predicted molar refractivity (Wildman–Crippen MR) is 185 cm³/mol. The fourth-order valence-electron chi connectivity index (χ4n) is 6.31. The number of fused-ring (bicyclic) bond motifs is 3. The Labute approximate surface area is 251 Å². The minimum atomic E-state index is 1.12. The molecule has 0 amide bonds. The standard InChI is InChI=1S/C42H29N/c1-2-14-33-27-35(26-25-30(33)11-1)34-17-7-19-37(28-34)43(42-24-10-16-32-13-4-6-22-41(32)42)38-20-8-18-36(29-38)40-23-9-15-31-12-3-5-21-39(31)40/h1-29H. The van der Waals surface area contributed by atoms with Crippen LogP contribution in [0.4, 0.5) is 17.1 Å². The molecular formula is C42H29N. The molecule has 0 spiro atoms. The summed E-state index contributed by atoms with van der Waals surface area (Å²) in [6, 6.07) is 63.6.